The van der Waals surface area contributed by atoms with Crippen molar-refractivity contribution < 1.29 is 17.6 Å². The molecule has 0 spiro atoms. The second kappa shape index (κ2) is 6.57. The summed E-state index contributed by atoms with van der Waals surface area (Å²) in [6.45, 7) is 3.76. The number of carbonyl (C=O) groups excluding carboxylic acids is 1. The van der Waals surface area contributed by atoms with Gasteiger partial charge >= 0.3 is 0 Å². The number of nitrogens with zero attached hydrogens (tertiary/aromatic N) is 2. The molecule has 7 heteroatoms. The van der Waals surface area contributed by atoms with E-state index in [1.54, 1.807) is 37.3 Å². The van der Waals surface area contributed by atoms with Gasteiger partial charge in [0.1, 0.15) is 11.9 Å². The number of amides is 1. The maximum absolute atomic E-state index is 13.4. The monoisotopic (exact) mass is 362 g/mol. The molecule has 1 aliphatic rings. The van der Waals surface area contributed by atoms with E-state index in [4.69, 9.17) is 0 Å². The largest absolute Gasteiger partial charge is 0.310 e. The van der Waals surface area contributed by atoms with E-state index in [0.717, 1.165) is 5.56 Å². The van der Waals surface area contributed by atoms with E-state index in [9.17, 15) is 17.6 Å². The van der Waals surface area contributed by atoms with E-state index in [1.807, 2.05) is 6.92 Å². The third kappa shape index (κ3) is 3.29. The zero-order chi connectivity index (χ0) is 18.2. The SMILES string of the molecule is Cc1ccc(S(=O)(=O)N2CCN(c3cccc(F)c3)C(=O)C2C)cc1. The molecule has 0 bridgehead atoms. The number of piperazine rings is 1. The van der Waals surface area contributed by atoms with Crippen LogP contribution in [0.15, 0.2) is 53.4 Å². The van der Waals surface area contributed by atoms with Crippen LogP contribution in [0.1, 0.15) is 12.5 Å². The normalized spacial score (nSPS) is 19.2. The van der Waals surface area contributed by atoms with E-state index in [2.05, 4.69) is 0 Å². The molecule has 0 N–H and O–H groups in total. The van der Waals surface area contributed by atoms with Crippen molar-refractivity contribution in [3.8, 4) is 0 Å². The van der Waals surface area contributed by atoms with Crippen molar-refractivity contribution in [1.82, 2.24) is 4.31 Å². The highest BCUT2D eigenvalue weighted by molar-refractivity contribution is 7.89. The Hall–Kier alpha value is -2.25. The highest BCUT2D eigenvalue weighted by atomic mass is 32.2. The summed E-state index contributed by atoms with van der Waals surface area (Å²) < 4.78 is 40.3. The minimum Gasteiger partial charge on any atom is -0.310 e. The summed E-state index contributed by atoms with van der Waals surface area (Å²) in [5, 5.41) is 0. The molecule has 3 rings (SSSR count). The molecule has 2 aromatic carbocycles. The molecule has 0 saturated carbocycles. The zero-order valence-electron chi connectivity index (χ0n) is 14.0. The van der Waals surface area contributed by atoms with E-state index in [0.29, 0.717) is 5.69 Å². The number of hydrogen-bond acceptors (Lipinski definition) is 3. The first-order chi connectivity index (χ1) is 11.8. The van der Waals surface area contributed by atoms with Crippen LogP contribution in [0, 0.1) is 12.7 Å². The molecule has 1 unspecified atom stereocenters. The van der Waals surface area contributed by atoms with Crippen molar-refractivity contribution in [3.63, 3.8) is 0 Å². The molecule has 1 heterocycles. The van der Waals surface area contributed by atoms with Crippen LogP contribution >= 0.6 is 0 Å². The summed E-state index contributed by atoms with van der Waals surface area (Å²) >= 11 is 0. The summed E-state index contributed by atoms with van der Waals surface area (Å²) in [5.41, 5.74) is 1.39. The zero-order valence-corrected chi connectivity index (χ0v) is 14.8. The minimum absolute atomic E-state index is 0.152. The number of halogens is 1. The number of anilines is 1. The maximum Gasteiger partial charge on any atom is 0.245 e. The predicted molar refractivity (Wildman–Crippen MR) is 93.3 cm³/mol. The van der Waals surface area contributed by atoms with Gasteiger partial charge in [-0.15, -0.1) is 0 Å². The Bertz CT molecular complexity index is 897. The predicted octanol–water partition coefficient (Wildman–Crippen LogP) is 2.56. The van der Waals surface area contributed by atoms with Crippen LogP contribution in [0.4, 0.5) is 10.1 Å². The smallest absolute Gasteiger partial charge is 0.245 e. The van der Waals surface area contributed by atoms with Crippen molar-refractivity contribution in [2.45, 2.75) is 24.8 Å². The molecule has 5 nitrogen and oxygen atoms in total. The summed E-state index contributed by atoms with van der Waals surface area (Å²) in [7, 11) is -3.76. The van der Waals surface area contributed by atoms with Gasteiger partial charge in [-0.3, -0.25) is 4.79 Å². The van der Waals surface area contributed by atoms with Crippen LogP contribution in [-0.4, -0.2) is 37.8 Å². The topological polar surface area (TPSA) is 57.7 Å². The molecule has 1 saturated heterocycles. The van der Waals surface area contributed by atoms with E-state index >= 15 is 0 Å². The summed E-state index contributed by atoms with van der Waals surface area (Å²) in [4.78, 5) is 14.3. The van der Waals surface area contributed by atoms with Crippen LogP contribution in [0.25, 0.3) is 0 Å². The molecule has 1 fully saturated rings. The van der Waals surface area contributed by atoms with Gasteiger partial charge in [-0.25, -0.2) is 12.8 Å². The van der Waals surface area contributed by atoms with Gasteiger partial charge in [0.05, 0.1) is 4.90 Å². The first kappa shape index (κ1) is 17.6. The molecule has 25 heavy (non-hydrogen) atoms. The number of hydrogen-bond donors (Lipinski definition) is 0. The molecule has 0 aliphatic carbocycles. The number of rotatable bonds is 3. The Morgan fingerprint density at radius 2 is 1.76 bits per heavy atom. The molecular weight excluding hydrogens is 343 g/mol. The molecule has 0 aromatic heterocycles. The fourth-order valence-electron chi connectivity index (χ4n) is 2.93. The van der Waals surface area contributed by atoms with Gasteiger partial charge < -0.3 is 4.90 Å². The lowest BCUT2D eigenvalue weighted by molar-refractivity contribution is -0.123. The van der Waals surface area contributed by atoms with Crippen molar-refractivity contribution >= 4 is 21.6 Å². The van der Waals surface area contributed by atoms with Crippen LogP contribution in [-0.2, 0) is 14.8 Å². The Morgan fingerprint density at radius 3 is 2.40 bits per heavy atom. The third-order valence-electron chi connectivity index (χ3n) is 4.35. The van der Waals surface area contributed by atoms with Gasteiger partial charge in [0.25, 0.3) is 0 Å². The summed E-state index contributed by atoms with van der Waals surface area (Å²) in [6, 6.07) is 11.4. The molecule has 1 amide bonds. The van der Waals surface area contributed by atoms with Gasteiger partial charge in [0.15, 0.2) is 0 Å². The van der Waals surface area contributed by atoms with Crippen molar-refractivity contribution in [2.75, 3.05) is 18.0 Å². The van der Waals surface area contributed by atoms with Crippen LogP contribution in [0.3, 0.4) is 0 Å². The van der Waals surface area contributed by atoms with Crippen LogP contribution in [0.5, 0.6) is 0 Å². The van der Waals surface area contributed by atoms with Gasteiger partial charge in [0, 0.05) is 18.8 Å². The Kier molecular flexibility index (Phi) is 4.62. The van der Waals surface area contributed by atoms with Crippen molar-refractivity contribution in [1.29, 1.82) is 0 Å². The lowest BCUT2D eigenvalue weighted by atomic mass is 10.2. The molecule has 0 radical (unpaired) electrons. The standard InChI is InChI=1S/C18H19FN2O3S/c1-13-6-8-17(9-7-13)25(23,24)21-11-10-20(18(22)14(21)2)16-5-3-4-15(19)12-16/h3-9,12,14H,10-11H2,1-2H3. The molecule has 1 aliphatic heterocycles. The maximum atomic E-state index is 13.4. The Morgan fingerprint density at radius 1 is 1.08 bits per heavy atom. The fourth-order valence-corrected chi connectivity index (χ4v) is 4.50. The van der Waals surface area contributed by atoms with Crippen LogP contribution in [0.2, 0.25) is 0 Å². The van der Waals surface area contributed by atoms with E-state index in [-0.39, 0.29) is 23.9 Å². The summed E-state index contributed by atoms with van der Waals surface area (Å²) in [6.07, 6.45) is 0. The fraction of sp³-hybridized carbons (Fsp3) is 0.278. The Balaban J connectivity index is 1.87. The second-order valence-corrected chi connectivity index (χ2v) is 7.97. The number of sulfonamides is 1. The molecular formula is C18H19FN2O3S. The second-order valence-electron chi connectivity index (χ2n) is 6.07. The van der Waals surface area contributed by atoms with Gasteiger partial charge in [-0.2, -0.15) is 4.31 Å². The Labute approximate surface area is 146 Å². The van der Waals surface area contributed by atoms with E-state index in [1.165, 1.54) is 27.4 Å². The highest BCUT2D eigenvalue weighted by Gasteiger charge is 2.39. The van der Waals surface area contributed by atoms with Crippen molar-refractivity contribution in [3.05, 3.63) is 59.9 Å². The summed E-state index contributed by atoms with van der Waals surface area (Å²) in [5.74, 6) is -0.805. The quantitative estimate of drug-likeness (QED) is 0.843. The molecule has 1 atom stereocenters. The average molecular weight is 362 g/mol. The average Bonchev–Trinajstić information content (AvgIpc) is 2.57. The first-order valence-corrected chi connectivity index (χ1v) is 9.40. The van der Waals surface area contributed by atoms with Crippen LogP contribution < -0.4 is 4.90 Å². The number of benzene rings is 2. The molecule has 132 valence electrons. The minimum atomic E-state index is -3.76. The van der Waals surface area contributed by atoms with Gasteiger partial charge in [-0.1, -0.05) is 23.8 Å². The number of carbonyl (C=O) groups is 1. The lowest BCUT2D eigenvalue weighted by Crippen LogP contribution is -2.57. The van der Waals surface area contributed by atoms with Gasteiger partial charge in [-0.05, 0) is 44.2 Å². The highest BCUT2D eigenvalue weighted by Crippen LogP contribution is 2.26. The molecule has 2 aromatic rings. The third-order valence-corrected chi connectivity index (χ3v) is 6.33. The van der Waals surface area contributed by atoms with E-state index < -0.39 is 21.9 Å². The lowest BCUT2D eigenvalue weighted by Gasteiger charge is -2.38. The first-order valence-electron chi connectivity index (χ1n) is 7.96. The number of aryl methyl sites for hydroxylation is 1. The van der Waals surface area contributed by atoms with Crippen molar-refractivity contribution in [2.24, 2.45) is 0 Å². The van der Waals surface area contributed by atoms with Gasteiger partial charge in [0.2, 0.25) is 15.9 Å².